The van der Waals surface area contributed by atoms with Gasteiger partial charge in [-0.15, -0.1) is 0 Å². The largest absolute Gasteiger partial charge is 0.472 e. The van der Waals surface area contributed by atoms with E-state index in [-0.39, 0.29) is 19.1 Å². The minimum absolute atomic E-state index is 0.0590. The maximum absolute atomic E-state index is 13.0. The van der Waals surface area contributed by atoms with Crippen LogP contribution < -0.4 is 5.32 Å². The zero-order chi connectivity index (χ0) is 57.0. The number of allylic oxidation sites excluding steroid dienone is 17. The molecule has 0 aliphatic heterocycles. The molecule has 0 spiro atoms. The van der Waals surface area contributed by atoms with Crippen molar-refractivity contribution in [1.82, 2.24) is 5.32 Å². The Hall–Kier alpha value is -2.84. The summed E-state index contributed by atoms with van der Waals surface area (Å²) in [4.78, 5) is 23.3. The van der Waals surface area contributed by atoms with E-state index in [0.29, 0.717) is 17.4 Å². The molecule has 3 unspecified atom stereocenters. The molecule has 0 radical (unpaired) electrons. The molecule has 1 amide bonds. The number of amides is 1. The summed E-state index contributed by atoms with van der Waals surface area (Å²) >= 11 is 0. The Morgan fingerprint density at radius 2 is 0.769 bits per heavy atom. The number of unbranched alkanes of at least 4 members (excludes halogenated alkanes) is 29. The van der Waals surface area contributed by atoms with Crippen molar-refractivity contribution >= 4 is 13.7 Å². The zero-order valence-corrected chi connectivity index (χ0v) is 52.3. The van der Waals surface area contributed by atoms with E-state index in [1.54, 1.807) is 6.08 Å². The van der Waals surface area contributed by atoms with Gasteiger partial charge in [0.15, 0.2) is 0 Å². The number of aliphatic hydroxyl groups is 1. The zero-order valence-electron chi connectivity index (χ0n) is 51.4. The average Bonchev–Trinajstić information content (AvgIpc) is 3.41. The molecule has 3 atom stereocenters. The van der Waals surface area contributed by atoms with E-state index >= 15 is 0 Å². The minimum atomic E-state index is -4.35. The first kappa shape index (κ1) is 75.2. The predicted molar refractivity (Wildman–Crippen MR) is 341 cm³/mol. The van der Waals surface area contributed by atoms with Crippen LogP contribution in [0.15, 0.2) is 109 Å². The number of aliphatic hydroxyl groups excluding tert-OH is 1. The fraction of sp³-hybridized carbons (Fsp3) is 0.725. The van der Waals surface area contributed by atoms with Gasteiger partial charge < -0.3 is 19.8 Å². The third-order valence-electron chi connectivity index (χ3n) is 14.0. The first-order chi connectivity index (χ1) is 38.0. The highest BCUT2D eigenvalue weighted by Gasteiger charge is 2.27. The molecule has 78 heavy (non-hydrogen) atoms. The number of phosphoric acid groups is 1. The van der Waals surface area contributed by atoms with Crippen molar-refractivity contribution in [1.29, 1.82) is 0 Å². The summed E-state index contributed by atoms with van der Waals surface area (Å²) in [5.74, 6) is -0.178. The fourth-order valence-electron chi connectivity index (χ4n) is 9.00. The number of phosphoric ester groups is 1. The Morgan fingerprint density at radius 1 is 0.449 bits per heavy atom. The number of quaternary nitrogens is 1. The Labute approximate surface area is 482 Å². The third-order valence-corrected chi connectivity index (χ3v) is 15.0. The van der Waals surface area contributed by atoms with E-state index in [1.165, 1.54) is 161 Å². The molecule has 0 aromatic carbocycles. The van der Waals surface area contributed by atoms with Crippen LogP contribution in [-0.2, 0) is 18.4 Å². The Bertz CT molecular complexity index is 1640. The highest BCUT2D eigenvalue weighted by Crippen LogP contribution is 2.43. The molecule has 0 fully saturated rings. The first-order valence-corrected chi connectivity index (χ1v) is 33.8. The molecule has 0 saturated carbocycles. The lowest BCUT2D eigenvalue weighted by Gasteiger charge is -2.25. The van der Waals surface area contributed by atoms with Crippen LogP contribution in [0.25, 0.3) is 0 Å². The summed E-state index contributed by atoms with van der Waals surface area (Å²) in [5, 5.41) is 13.9. The molecule has 0 aliphatic rings. The van der Waals surface area contributed by atoms with Crippen molar-refractivity contribution in [2.24, 2.45) is 0 Å². The van der Waals surface area contributed by atoms with E-state index in [0.717, 1.165) is 89.9 Å². The number of likely N-dealkylation sites (N-methyl/N-ethyl adjacent to an activating group) is 1. The lowest BCUT2D eigenvalue weighted by molar-refractivity contribution is -0.870. The van der Waals surface area contributed by atoms with Gasteiger partial charge in [-0.2, -0.15) is 0 Å². The Kier molecular flexibility index (Phi) is 56.7. The van der Waals surface area contributed by atoms with Gasteiger partial charge in [-0.1, -0.05) is 290 Å². The second kappa shape index (κ2) is 58.8. The van der Waals surface area contributed by atoms with Crippen LogP contribution >= 0.6 is 7.82 Å². The number of carbonyl (C=O) groups is 1. The fourth-order valence-corrected chi connectivity index (χ4v) is 9.74. The molecular formula is C69H124N2O6P+. The van der Waals surface area contributed by atoms with Crippen LogP contribution in [-0.4, -0.2) is 73.4 Å². The number of carbonyl (C=O) groups excluding carboxylic acids is 1. The monoisotopic (exact) mass is 1110 g/mol. The maximum Gasteiger partial charge on any atom is 0.472 e. The van der Waals surface area contributed by atoms with Crippen molar-refractivity contribution in [3.63, 3.8) is 0 Å². The third kappa shape index (κ3) is 60.8. The molecule has 9 heteroatoms. The minimum Gasteiger partial charge on any atom is -0.387 e. The molecule has 0 saturated heterocycles. The van der Waals surface area contributed by atoms with Crippen LogP contribution in [0.1, 0.15) is 271 Å². The van der Waals surface area contributed by atoms with Gasteiger partial charge in [0.05, 0.1) is 39.9 Å². The van der Waals surface area contributed by atoms with Crippen LogP contribution in [0.3, 0.4) is 0 Å². The summed E-state index contributed by atoms with van der Waals surface area (Å²) in [5.41, 5.74) is 0. The van der Waals surface area contributed by atoms with E-state index in [1.807, 2.05) is 27.2 Å². The topological polar surface area (TPSA) is 105 Å². The van der Waals surface area contributed by atoms with Crippen LogP contribution in [0.2, 0.25) is 0 Å². The Morgan fingerprint density at radius 3 is 1.13 bits per heavy atom. The SMILES string of the molecule is CC/C=C\C/C=C\C/C=C\C/C=C\C/C=C\C/C=C\C/C=C\C/C=C\CCCCCCCCCCCCCCCCCCC(=O)NC(COP(=O)(O)OCC[N+](C)(C)C)C(O)/C=C/CCCCCCCCCCCCCCC. The van der Waals surface area contributed by atoms with Gasteiger partial charge in [-0.05, 0) is 83.5 Å². The maximum atomic E-state index is 13.0. The van der Waals surface area contributed by atoms with Gasteiger partial charge in [-0.25, -0.2) is 4.57 Å². The van der Waals surface area contributed by atoms with Crippen molar-refractivity contribution in [3.8, 4) is 0 Å². The van der Waals surface area contributed by atoms with Gasteiger partial charge in [0, 0.05) is 6.42 Å². The quantitative estimate of drug-likeness (QED) is 0.0243. The van der Waals surface area contributed by atoms with Gasteiger partial charge in [0.25, 0.3) is 0 Å². The lowest BCUT2D eigenvalue weighted by atomic mass is 10.0. The number of nitrogens with zero attached hydrogens (tertiary/aromatic N) is 1. The van der Waals surface area contributed by atoms with Gasteiger partial charge in [0.1, 0.15) is 13.2 Å². The summed E-state index contributed by atoms with van der Waals surface area (Å²) in [6, 6.07) is -0.851. The van der Waals surface area contributed by atoms with Crippen LogP contribution in [0.5, 0.6) is 0 Å². The first-order valence-electron chi connectivity index (χ1n) is 32.3. The standard InChI is InChI=1S/C69H123N2O6P/c1-6-8-10-12-14-16-18-20-22-23-24-25-26-27-28-29-30-31-32-33-34-35-36-37-38-39-40-41-42-43-44-45-46-47-49-51-53-55-57-59-61-63-69(73)70-67(66-77-78(74,75)76-65-64-71(3,4)5)68(72)62-60-58-56-54-52-50-48-21-19-17-15-13-11-9-7-2/h8,10,14,16,20,22,24-25,27-28,30-31,33-34,36-37,60,62,67-68,72H,6-7,9,11-13,15,17-19,21,23,26,29,32,35,38-59,61,63-66H2,1-5H3,(H-,70,73,74,75)/p+1/b10-8-,16-14-,22-20-,25-24-,28-27-,31-30-,34-33-,37-36-,62-60+. The highest BCUT2D eigenvalue weighted by molar-refractivity contribution is 7.47. The number of hydrogen-bond donors (Lipinski definition) is 3. The Balaban J connectivity index is 4.00. The summed E-state index contributed by atoms with van der Waals surface area (Å²) in [6.07, 6.45) is 86.4. The van der Waals surface area contributed by atoms with Crippen molar-refractivity contribution in [2.45, 2.75) is 283 Å². The summed E-state index contributed by atoms with van der Waals surface area (Å²) < 4.78 is 23.7. The number of hydrogen-bond acceptors (Lipinski definition) is 5. The highest BCUT2D eigenvalue weighted by atomic mass is 31.2. The number of rotatable bonds is 58. The summed E-state index contributed by atoms with van der Waals surface area (Å²) in [6.45, 7) is 4.71. The van der Waals surface area contributed by atoms with E-state index in [4.69, 9.17) is 9.05 Å². The average molecular weight is 1110 g/mol. The van der Waals surface area contributed by atoms with E-state index < -0.39 is 20.0 Å². The van der Waals surface area contributed by atoms with Crippen molar-refractivity contribution in [3.05, 3.63) is 109 Å². The molecule has 0 heterocycles. The molecule has 0 bridgehead atoms. The smallest absolute Gasteiger partial charge is 0.387 e. The molecule has 0 aliphatic carbocycles. The van der Waals surface area contributed by atoms with Crippen molar-refractivity contribution < 1.29 is 32.9 Å². The number of nitrogens with one attached hydrogen (secondary N) is 1. The van der Waals surface area contributed by atoms with Gasteiger partial charge >= 0.3 is 7.82 Å². The summed E-state index contributed by atoms with van der Waals surface area (Å²) in [7, 11) is 1.57. The molecular weight excluding hydrogens is 984 g/mol. The normalized spacial score (nSPS) is 14.5. The van der Waals surface area contributed by atoms with Crippen LogP contribution in [0.4, 0.5) is 0 Å². The predicted octanol–water partition coefficient (Wildman–Crippen LogP) is 20.3. The lowest BCUT2D eigenvalue weighted by Crippen LogP contribution is -2.45. The van der Waals surface area contributed by atoms with E-state index in [2.05, 4.69) is 116 Å². The van der Waals surface area contributed by atoms with Crippen molar-refractivity contribution in [2.75, 3.05) is 40.9 Å². The van der Waals surface area contributed by atoms with E-state index in [9.17, 15) is 19.4 Å². The molecule has 0 aromatic heterocycles. The second-order valence-electron chi connectivity index (χ2n) is 22.8. The van der Waals surface area contributed by atoms with Crippen LogP contribution in [0, 0.1) is 0 Å². The molecule has 3 N–H and O–H groups in total. The van der Waals surface area contributed by atoms with Gasteiger partial charge in [0.2, 0.25) is 5.91 Å². The molecule has 8 nitrogen and oxygen atoms in total. The van der Waals surface area contributed by atoms with Gasteiger partial charge in [-0.3, -0.25) is 13.8 Å². The second-order valence-corrected chi connectivity index (χ2v) is 24.2. The molecule has 450 valence electrons. The molecule has 0 rings (SSSR count). The molecule has 0 aromatic rings.